The number of allylic oxidation sites excluding steroid dienone is 5. The number of anilines is 1. The molecule has 1 N–H and O–H groups in total. The summed E-state index contributed by atoms with van der Waals surface area (Å²) in [5.74, 6) is 5.32. The number of carbonyl (C=O) groups excluding carboxylic acids is 2. The van der Waals surface area contributed by atoms with Gasteiger partial charge in [0.1, 0.15) is 17.3 Å². The fourth-order valence-electron chi connectivity index (χ4n) is 9.39. The van der Waals surface area contributed by atoms with Crippen molar-refractivity contribution in [1.29, 1.82) is 0 Å². The van der Waals surface area contributed by atoms with Crippen molar-refractivity contribution in [2.24, 2.45) is 35.0 Å². The standard InChI is InChI=1S/C34H38N2O4S2/c1-3-4-20-6-7-21-15-24-22-9-11-34(29(24)28-27(21)31(20)40-32(28)37)25-8-5-18(2)16-41-42-17-36-26-14-19(10-12-35-26)13-23(22)30(34)33(38)39-25/h8,10,12,14,18,21-22,24,29H,3-7,9,11,13,15-17H2,1-2H3,(H,35,36)/b25-8+/t18-,21+,22-,24+,29-,34+/m1/s1. The van der Waals surface area contributed by atoms with Gasteiger partial charge in [-0.3, -0.25) is 0 Å². The summed E-state index contributed by atoms with van der Waals surface area (Å²) in [6.45, 7) is 4.46. The molecule has 6 nitrogen and oxygen atoms in total. The number of ether oxygens (including phenoxy) is 2. The van der Waals surface area contributed by atoms with E-state index in [2.05, 4.69) is 42.4 Å². The molecule has 3 aliphatic heterocycles. The highest BCUT2D eigenvalue weighted by Gasteiger charge is 2.69. The van der Waals surface area contributed by atoms with Crippen molar-refractivity contribution < 1.29 is 19.1 Å². The Bertz CT molecular complexity index is 1510. The molecule has 0 amide bonds. The van der Waals surface area contributed by atoms with Crippen molar-refractivity contribution >= 4 is 39.3 Å². The normalized spacial score (nSPS) is 36.6. The highest BCUT2D eigenvalue weighted by molar-refractivity contribution is 8.76. The summed E-state index contributed by atoms with van der Waals surface area (Å²) in [6.07, 6.45) is 12.7. The number of carbonyl (C=O) groups is 2. The Hall–Kier alpha value is -2.45. The van der Waals surface area contributed by atoms with E-state index in [-0.39, 0.29) is 23.8 Å². The predicted octanol–water partition coefficient (Wildman–Crippen LogP) is 7.52. The molecule has 0 unspecified atom stereocenters. The van der Waals surface area contributed by atoms with E-state index < -0.39 is 5.41 Å². The molecular weight excluding hydrogens is 565 g/mol. The van der Waals surface area contributed by atoms with Crippen LogP contribution in [0.4, 0.5) is 5.82 Å². The van der Waals surface area contributed by atoms with Crippen molar-refractivity contribution in [2.75, 3.05) is 16.9 Å². The van der Waals surface area contributed by atoms with E-state index in [1.807, 2.05) is 27.8 Å². The van der Waals surface area contributed by atoms with E-state index in [1.165, 1.54) is 22.3 Å². The smallest absolute Gasteiger partial charge is 0.340 e. The van der Waals surface area contributed by atoms with E-state index in [0.29, 0.717) is 17.8 Å². The average molecular weight is 603 g/mol. The third-order valence-electron chi connectivity index (χ3n) is 11.0. The lowest BCUT2D eigenvalue weighted by molar-refractivity contribution is -0.135. The number of nitrogens with one attached hydrogen (secondary N) is 1. The first-order valence-corrected chi connectivity index (χ1v) is 18.3. The second-order valence-electron chi connectivity index (χ2n) is 13.3. The van der Waals surface area contributed by atoms with Crippen molar-refractivity contribution in [3.63, 3.8) is 0 Å². The molecule has 1 saturated carbocycles. The Labute approximate surface area is 255 Å². The van der Waals surface area contributed by atoms with Crippen LogP contribution in [0.5, 0.6) is 0 Å². The van der Waals surface area contributed by atoms with Gasteiger partial charge in [0.15, 0.2) is 0 Å². The Morgan fingerprint density at radius 1 is 1.14 bits per heavy atom. The molecule has 7 bridgehead atoms. The molecule has 4 heterocycles. The van der Waals surface area contributed by atoms with Gasteiger partial charge in [0, 0.05) is 29.0 Å². The SMILES string of the molecule is CCCC1=C2OC(=O)C3=C2[C@@H](CC1)C[C@H]1[C@@H]2CC[C@@]4(C5=C2Cc2ccnc(c2)NCSSC[C@H](C)C/C=C\4OC5=O)[C@@H]31. The number of rotatable bonds is 2. The molecule has 1 aromatic rings. The first-order chi connectivity index (χ1) is 20.5. The van der Waals surface area contributed by atoms with Gasteiger partial charge >= 0.3 is 11.9 Å². The quantitative estimate of drug-likeness (QED) is 0.275. The minimum Gasteiger partial charge on any atom is -0.427 e. The molecule has 1 saturated heterocycles. The van der Waals surface area contributed by atoms with Crippen LogP contribution >= 0.6 is 21.6 Å². The van der Waals surface area contributed by atoms with Gasteiger partial charge in [-0.15, -0.1) is 0 Å². The van der Waals surface area contributed by atoms with E-state index in [4.69, 9.17) is 9.47 Å². The topological polar surface area (TPSA) is 77.5 Å². The monoisotopic (exact) mass is 602 g/mol. The molecule has 8 aliphatic rings. The summed E-state index contributed by atoms with van der Waals surface area (Å²) in [5, 5.41) is 3.47. The zero-order chi connectivity index (χ0) is 28.6. The third-order valence-corrected chi connectivity index (χ3v) is 13.3. The molecule has 0 aromatic carbocycles. The number of hydrogen-bond donors (Lipinski definition) is 1. The van der Waals surface area contributed by atoms with Crippen molar-refractivity contribution in [3.8, 4) is 0 Å². The maximum Gasteiger partial charge on any atom is 0.340 e. The van der Waals surface area contributed by atoms with Gasteiger partial charge in [-0.1, -0.05) is 47.4 Å². The van der Waals surface area contributed by atoms with E-state index in [0.717, 1.165) is 97.9 Å². The lowest BCUT2D eigenvalue weighted by Gasteiger charge is -2.57. The minimum atomic E-state index is -0.581. The zero-order valence-electron chi connectivity index (χ0n) is 24.4. The number of fused-ring (bicyclic) bond motifs is 3. The second-order valence-corrected chi connectivity index (χ2v) is 15.8. The Kier molecular flexibility index (Phi) is 6.67. The summed E-state index contributed by atoms with van der Waals surface area (Å²) >= 11 is 0. The molecule has 42 heavy (non-hydrogen) atoms. The second kappa shape index (κ2) is 10.3. The Balaban J connectivity index is 1.33. The molecule has 1 spiro atoms. The number of pyridine rings is 1. The van der Waals surface area contributed by atoms with E-state index >= 15 is 0 Å². The van der Waals surface area contributed by atoms with Gasteiger partial charge in [-0.2, -0.15) is 0 Å². The minimum absolute atomic E-state index is 0.0567. The average Bonchev–Trinajstić information content (AvgIpc) is 3.48. The molecule has 8 heteroatoms. The lowest BCUT2D eigenvalue weighted by Crippen LogP contribution is -2.53. The van der Waals surface area contributed by atoms with Gasteiger partial charge in [-0.25, -0.2) is 14.6 Å². The number of hydrogen-bond acceptors (Lipinski definition) is 8. The highest BCUT2D eigenvalue weighted by Crippen LogP contribution is 2.72. The van der Waals surface area contributed by atoms with Crippen LogP contribution in [0.1, 0.15) is 70.8 Å². The van der Waals surface area contributed by atoms with Gasteiger partial charge < -0.3 is 14.8 Å². The summed E-state index contributed by atoms with van der Waals surface area (Å²) < 4.78 is 12.5. The predicted molar refractivity (Wildman–Crippen MR) is 166 cm³/mol. The summed E-state index contributed by atoms with van der Waals surface area (Å²) in [7, 11) is 3.68. The van der Waals surface area contributed by atoms with Gasteiger partial charge in [-0.05, 0) is 104 Å². The van der Waals surface area contributed by atoms with Crippen LogP contribution in [0.3, 0.4) is 0 Å². The van der Waals surface area contributed by atoms with Crippen molar-refractivity contribution in [3.05, 3.63) is 69.4 Å². The fraction of sp³-hybridized carbons (Fsp3) is 0.559. The van der Waals surface area contributed by atoms with Crippen LogP contribution in [0.15, 0.2) is 63.8 Å². The van der Waals surface area contributed by atoms with Crippen LogP contribution in [0.2, 0.25) is 0 Å². The van der Waals surface area contributed by atoms with E-state index in [1.54, 1.807) is 0 Å². The third kappa shape index (κ3) is 3.96. The molecule has 1 aromatic heterocycles. The van der Waals surface area contributed by atoms with E-state index in [9.17, 15) is 9.59 Å². The van der Waals surface area contributed by atoms with Crippen molar-refractivity contribution in [1.82, 2.24) is 4.98 Å². The Morgan fingerprint density at radius 2 is 2.05 bits per heavy atom. The lowest BCUT2D eigenvalue weighted by atomic mass is 9.43. The van der Waals surface area contributed by atoms with Gasteiger partial charge in [0.25, 0.3) is 0 Å². The first-order valence-electron chi connectivity index (χ1n) is 15.8. The first kappa shape index (κ1) is 27.1. The Morgan fingerprint density at radius 3 is 2.93 bits per heavy atom. The highest BCUT2D eigenvalue weighted by atomic mass is 33.1. The van der Waals surface area contributed by atoms with Crippen LogP contribution in [-0.2, 0) is 25.5 Å². The maximum absolute atomic E-state index is 14.0. The molecular formula is C34H38N2O4S2. The largest absolute Gasteiger partial charge is 0.427 e. The molecule has 9 rings (SSSR count). The number of aromatic nitrogens is 1. The number of esters is 2. The molecule has 2 fully saturated rings. The molecule has 6 atom stereocenters. The van der Waals surface area contributed by atoms with Crippen LogP contribution in [0.25, 0.3) is 0 Å². The molecule has 0 radical (unpaired) electrons. The molecule has 220 valence electrons. The van der Waals surface area contributed by atoms with Crippen LogP contribution in [0, 0.1) is 35.0 Å². The zero-order valence-corrected chi connectivity index (χ0v) is 26.0. The van der Waals surface area contributed by atoms with Crippen LogP contribution in [-0.4, -0.2) is 28.6 Å². The maximum atomic E-state index is 14.0. The summed E-state index contributed by atoms with van der Waals surface area (Å²) in [4.78, 5) is 32.5. The molecule has 5 aliphatic carbocycles. The summed E-state index contributed by atoms with van der Waals surface area (Å²) in [5.41, 5.74) is 6.06. The summed E-state index contributed by atoms with van der Waals surface area (Å²) in [6, 6.07) is 4.22. The van der Waals surface area contributed by atoms with Gasteiger partial charge in [0.05, 0.1) is 16.9 Å². The van der Waals surface area contributed by atoms with Crippen molar-refractivity contribution in [2.45, 2.75) is 71.6 Å². The fourth-order valence-corrected chi connectivity index (χ4v) is 11.6. The number of nitrogens with zero attached hydrogens (tertiary/aromatic N) is 1. The van der Waals surface area contributed by atoms with Crippen LogP contribution < -0.4 is 5.32 Å². The van der Waals surface area contributed by atoms with Gasteiger partial charge in [0.2, 0.25) is 0 Å².